The van der Waals surface area contributed by atoms with E-state index in [4.69, 9.17) is 0 Å². The van der Waals surface area contributed by atoms with Crippen LogP contribution in [-0.2, 0) is 14.3 Å². The van der Waals surface area contributed by atoms with Crippen molar-refractivity contribution in [2.75, 3.05) is 6.61 Å². The molecule has 0 amide bonds. The summed E-state index contributed by atoms with van der Waals surface area (Å²) in [6.07, 6.45) is 4.59. The van der Waals surface area contributed by atoms with Crippen LogP contribution in [0.2, 0.25) is 0 Å². The van der Waals surface area contributed by atoms with Gasteiger partial charge in [0, 0.05) is 0 Å². The number of rotatable bonds is 5. The van der Waals surface area contributed by atoms with Gasteiger partial charge >= 0.3 is 0 Å². The topological polar surface area (TPSA) is 43.4 Å². The Morgan fingerprint density at radius 1 is 1.62 bits per heavy atom. The normalized spacial score (nSPS) is 20.4. The number of allylic oxidation sites excluding steroid dienone is 2. The molecule has 0 unspecified atom stereocenters. The van der Waals surface area contributed by atoms with E-state index in [0.29, 0.717) is 19.0 Å². The molecule has 3 heteroatoms. The standard InChI is InChI=1S/C10H14O3/c1-8(12)4-10-5-9(6-10)2-3-13-7-11/h4,7,9H,2-3,5-6H2,1H3. The second-order valence-corrected chi connectivity index (χ2v) is 3.44. The van der Waals surface area contributed by atoms with Gasteiger partial charge in [-0.3, -0.25) is 9.59 Å². The van der Waals surface area contributed by atoms with Gasteiger partial charge in [-0.2, -0.15) is 0 Å². The molecule has 72 valence electrons. The molecule has 1 aliphatic carbocycles. The highest BCUT2D eigenvalue weighted by Gasteiger charge is 2.22. The van der Waals surface area contributed by atoms with E-state index in [9.17, 15) is 9.59 Å². The highest BCUT2D eigenvalue weighted by atomic mass is 16.5. The van der Waals surface area contributed by atoms with Crippen LogP contribution in [0, 0.1) is 5.92 Å². The molecule has 0 atom stereocenters. The second kappa shape index (κ2) is 4.80. The van der Waals surface area contributed by atoms with E-state index >= 15 is 0 Å². The number of hydrogen-bond acceptors (Lipinski definition) is 3. The van der Waals surface area contributed by atoms with E-state index in [-0.39, 0.29) is 5.78 Å². The summed E-state index contributed by atoms with van der Waals surface area (Å²) >= 11 is 0. The first kappa shape index (κ1) is 9.96. The smallest absolute Gasteiger partial charge is 0.293 e. The van der Waals surface area contributed by atoms with Crippen LogP contribution in [0.4, 0.5) is 0 Å². The molecule has 0 aromatic carbocycles. The van der Waals surface area contributed by atoms with Crippen molar-refractivity contribution in [3.8, 4) is 0 Å². The molecule has 0 aromatic rings. The van der Waals surface area contributed by atoms with Gasteiger partial charge in [0.25, 0.3) is 6.47 Å². The summed E-state index contributed by atoms with van der Waals surface area (Å²) in [6.45, 7) is 2.54. The van der Waals surface area contributed by atoms with Crippen molar-refractivity contribution in [1.82, 2.24) is 0 Å². The lowest BCUT2D eigenvalue weighted by molar-refractivity contribution is -0.129. The van der Waals surface area contributed by atoms with Crippen LogP contribution >= 0.6 is 0 Å². The number of carbonyl (C=O) groups excluding carboxylic acids is 2. The molecule has 1 fully saturated rings. The molecule has 0 spiro atoms. The van der Waals surface area contributed by atoms with Crippen LogP contribution in [0.1, 0.15) is 26.2 Å². The van der Waals surface area contributed by atoms with Gasteiger partial charge in [0.2, 0.25) is 0 Å². The summed E-state index contributed by atoms with van der Waals surface area (Å²) in [6, 6.07) is 0. The van der Waals surface area contributed by atoms with Crippen molar-refractivity contribution in [2.24, 2.45) is 5.92 Å². The zero-order chi connectivity index (χ0) is 9.68. The molecule has 0 saturated heterocycles. The van der Waals surface area contributed by atoms with Gasteiger partial charge in [0.05, 0.1) is 6.61 Å². The van der Waals surface area contributed by atoms with E-state index in [1.165, 1.54) is 5.57 Å². The fourth-order valence-electron chi connectivity index (χ4n) is 1.57. The minimum atomic E-state index is 0.123. The second-order valence-electron chi connectivity index (χ2n) is 3.44. The van der Waals surface area contributed by atoms with Crippen molar-refractivity contribution < 1.29 is 14.3 Å². The van der Waals surface area contributed by atoms with E-state index in [0.717, 1.165) is 19.3 Å². The third-order valence-corrected chi connectivity index (χ3v) is 2.22. The van der Waals surface area contributed by atoms with Crippen LogP contribution in [0.5, 0.6) is 0 Å². The first-order valence-corrected chi connectivity index (χ1v) is 4.47. The van der Waals surface area contributed by atoms with Crippen LogP contribution < -0.4 is 0 Å². The molecular weight excluding hydrogens is 168 g/mol. The van der Waals surface area contributed by atoms with Gasteiger partial charge < -0.3 is 4.74 Å². The maximum absolute atomic E-state index is 10.7. The quantitative estimate of drug-likeness (QED) is 0.367. The lowest BCUT2D eigenvalue weighted by atomic mass is 9.78. The number of carbonyl (C=O) groups is 2. The van der Waals surface area contributed by atoms with Gasteiger partial charge in [-0.1, -0.05) is 5.57 Å². The predicted molar refractivity (Wildman–Crippen MR) is 48.1 cm³/mol. The Morgan fingerprint density at radius 3 is 2.85 bits per heavy atom. The number of ketones is 1. The average Bonchev–Trinajstić information content (AvgIpc) is 1.99. The summed E-state index contributed by atoms with van der Waals surface area (Å²) in [5.74, 6) is 0.725. The van der Waals surface area contributed by atoms with Crippen LogP contribution in [0.15, 0.2) is 11.6 Å². The van der Waals surface area contributed by atoms with Gasteiger partial charge in [-0.05, 0) is 38.2 Å². The van der Waals surface area contributed by atoms with Crippen LogP contribution in [0.25, 0.3) is 0 Å². The molecular formula is C10H14O3. The average molecular weight is 182 g/mol. The van der Waals surface area contributed by atoms with Gasteiger partial charge in [0.15, 0.2) is 5.78 Å². The maximum Gasteiger partial charge on any atom is 0.293 e. The fraction of sp³-hybridized carbons (Fsp3) is 0.600. The minimum absolute atomic E-state index is 0.123. The van der Waals surface area contributed by atoms with Crippen molar-refractivity contribution in [3.05, 3.63) is 11.6 Å². The highest BCUT2D eigenvalue weighted by molar-refractivity contribution is 5.88. The zero-order valence-electron chi connectivity index (χ0n) is 7.79. The lowest BCUT2D eigenvalue weighted by Gasteiger charge is -2.28. The van der Waals surface area contributed by atoms with Crippen molar-refractivity contribution in [3.63, 3.8) is 0 Å². The first-order chi connectivity index (χ1) is 6.22. The Bertz CT molecular complexity index is 222. The van der Waals surface area contributed by atoms with E-state index in [1.54, 1.807) is 13.0 Å². The summed E-state index contributed by atoms with van der Waals surface area (Å²) in [5, 5.41) is 0. The lowest BCUT2D eigenvalue weighted by Crippen LogP contribution is -2.17. The summed E-state index contributed by atoms with van der Waals surface area (Å²) in [5.41, 5.74) is 1.23. The number of ether oxygens (including phenoxy) is 1. The van der Waals surface area contributed by atoms with Gasteiger partial charge in [0.1, 0.15) is 0 Å². The molecule has 0 radical (unpaired) electrons. The van der Waals surface area contributed by atoms with E-state index in [2.05, 4.69) is 4.74 Å². The molecule has 0 aliphatic heterocycles. The largest absolute Gasteiger partial charge is 0.468 e. The molecule has 1 rings (SSSR count). The molecule has 0 aromatic heterocycles. The monoisotopic (exact) mass is 182 g/mol. The summed E-state index contributed by atoms with van der Waals surface area (Å²) in [4.78, 5) is 20.5. The molecule has 0 bridgehead atoms. The SMILES string of the molecule is CC(=O)C=C1CC(CCOC=O)C1. The van der Waals surface area contributed by atoms with Gasteiger partial charge in [-0.25, -0.2) is 0 Å². The fourth-order valence-corrected chi connectivity index (χ4v) is 1.57. The first-order valence-electron chi connectivity index (χ1n) is 4.47. The predicted octanol–water partition coefficient (Wildman–Crippen LogP) is 1.47. The highest BCUT2D eigenvalue weighted by Crippen LogP contribution is 2.35. The zero-order valence-corrected chi connectivity index (χ0v) is 7.79. The molecule has 0 heterocycles. The molecule has 13 heavy (non-hydrogen) atoms. The summed E-state index contributed by atoms with van der Waals surface area (Å²) in [7, 11) is 0. The Hall–Kier alpha value is -1.12. The van der Waals surface area contributed by atoms with Crippen molar-refractivity contribution in [2.45, 2.75) is 26.2 Å². The molecule has 3 nitrogen and oxygen atoms in total. The van der Waals surface area contributed by atoms with Crippen molar-refractivity contribution >= 4 is 12.3 Å². The third-order valence-electron chi connectivity index (χ3n) is 2.22. The molecule has 1 saturated carbocycles. The van der Waals surface area contributed by atoms with E-state index < -0.39 is 0 Å². The van der Waals surface area contributed by atoms with Crippen LogP contribution in [0.3, 0.4) is 0 Å². The van der Waals surface area contributed by atoms with Crippen LogP contribution in [-0.4, -0.2) is 18.9 Å². The summed E-state index contributed by atoms with van der Waals surface area (Å²) < 4.78 is 4.59. The minimum Gasteiger partial charge on any atom is -0.468 e. The third kappa shape index (κ3) is 3.40. The molecule has 0 N–H and O–H groups in total. The number of hydrogen-bond donors (Lipinski definition) is 0. The Kier molecular flexibility index (Phi) is 3.68. The van der Waals surface area contributed by atoms with E-state index in [1.807, 2.05) is 0 Å². The maximum atomic E-state index is 10.7. The Balaban J connectivity index is 2.11. The Morgan fingerprint density at radius 2 is 2.31 bits per heavy atom. The Labute approximate surface area is 77.8 Å². The van der Waals surface area contributed by atoms with Crippen molar-refractivity contribution in [1.29, 1.82) is 0 Å². The molecule has 1 aliphatic rings. The van der Waals surface area contributed by atoms with Gasteiger partial charge in [-0.15, -0.1) is 0 Å².